The molecule has 1 rings (SSSR count). The van der Waals surface area contributed by atoms with Gasteiger partial charge in [-0.15, -0.1) is 0 Å². The Bertz CT molecular complexity index is 216. The molecule has 3 heteroatoms. The molecule has 1 aliphatic rings. The Hall–Kier alpha value is -1.04. The summed E-state index contributed by atoms with van der Waals surface area (Å²) in [5.74, 6) is 4.62. The van der Waals surface area contributed by atoms with Crippen LogP contribution in [0.5, 0.6) is 0 Å². The lowest BCUT2D eigenvalue weighted by Gasteiger charge is -2.09. The first kappa shape index (κ1) is 8.06. The maximum absolute atomic E-state index is 12.5. The van der Waals surface area contributed by atoms with Gasteiger partial charge < -0.3 is 4.90 Å². The van der Waals surface area contributed by atoms with Crippen molar-refractivity contribution in [3.63, 3.8) is 0 Å². The standard InChI is InChI=1S/C8H10FNO/c1-2-3-8(11)10-5-4-7(9)6-10/h7H,4-6H2,1H3/t7-/m0/s1. The summed E-state index contributed by atoms with van der Waals surface area (Å²) in [5.41, 5.74) is 0. The molecule has 11 heavy (non-hydrogen) atoms. The van der Waals surface area contributed by atoms with Gasteiger partial charge in [0.2, 0.25) is 0 Å². The summed E-state index contributed by atoms with van der Waals surface area (Å²) in [5, 5.41) is 0. The van der Waals surface area contributed by atoms with Crippen molar-refractivity contribution in [3.05, 3.63) is 0 Å². The molecule has 1 amide bonds. The second-order valence-corrected chi connectivity index (χ2v) is 2.51. The third-order valence-electron chi connectivity index (χ3n) is 1.65. The third-order valence-corrected chi connectivity index (χ3v) is 1.65. The van der Waals surface area contributed by atoms with Crippen molar-refractivity contribution in [2.45, 2.75) is 19.5 Å². The lowest BCUT2D eigenvalue weighted by molar-refractivity contribution is -0.124. The number of carbonyl (C=O) groups is 1. The van der Waals surface area contributed by atoms with E-state index in [9.17, 15) is 9.18 Å². The van der Waals surface area contributed by atoms with Crippen LogP contribution >= 0.6 is 0 Å². The second-order valence-electron chi connectivity index (χ2n) is 2.51. The normalized spacial score (nSPS) is 22.7. The summed E-state index contributed by atoms with van der Waals surface area (Å²) in [6.07, 6.45) is -0.394. The lowest BCUT2D eigenvalue weighted by atomic mass is 10.3. The molecule has 60 valence electrons. The predicted molar refractivity (Wildman–Crippen MR) is 39.5 cm³/mol. The summed E-state index contributed by atoms with van der Waals surface area (Å²) in [6.45, 7) is 2.32. The molecule has 0 aliphatic carbocycles. The fourth-order valence-electron chi connectivity index (χ4n) is 1.09. The van der Waals surface area contributed by atoms with Crippen molar-refractivity contribution in [3.8, 4) is 11.8 Å². The van der Waals surface area contributed by atoms with Crippen molar-refractivity contribution >= 4 is 5.91 Å². The number of rotatable bonds is 0. The Morgan fingerprint density at radius 2 is 2.45 bits per heavy atom. The number of likely N-dealkylation sites (tertiary alicyclic amines) is 1. The molecular formula is C8H10FNO. The van der Waals surface area contributed by atoms with E-state index >= 15 is 0 Å². The van der Waals surface area contributed by atoms with E-state index in [1.165, 1.54) is 4.90 Å². The minimum absolute atomic E-state index is 0.216. The van der Waals surface area contributed by atoms with E-state index in [0.29, 0.717) is 13.0 Å². The Morgan fingerprint density at radius 1 is 1.73 bits per heavy atom. The SMILES string of the molecule is CC#CC(=O)N1CC[C@H](F)C1. The van der Waals surface area contributed by atoms with E-state index in [1.54, 1.807) is 6.92 Å². The summed E-state index contributed by atoms with van der Waals surface area (Å²) in [6, 6.07) is 0. The zero-order valence-corrected chi connectivity index (χ0v) is 6.43. The molecule has 0 spiro atoms. The number of halogens is 1. The highest BCUT2D eigenvalue weighted by molar-refractivity contribution is 5.93. The van der Waals surface area contributed by atoms with Crippen LogP contribution in [0.2, 0.25) is 0 Å². The highest BCUT2D eigenvalue weighted by Gasteiger charge is 2.24. The van der Waals surface area contributed by atoms with Crippen LogP contribution in [0.4, 0.5) is 4.39 Å². The Balaban J connectivity index is 2.47. The van der Waals surface area contributed by atoms with Gasteiger partial charge in [-0.3, -0.25) is 4.79 Å². The molecule has 1 atom stereocenters. The monoisotopic (exact) mass is 155 g/mol. The molecule has 2 nitrogen and oxygen atoms in total. The van der Waals surface area contributed by atoms with Crippen molar-refractivity contribution in [1.82, 2.24) is 4.90 Å². The zero-order chi connectivity index (χ0) is 8.27. The molecule has 1 saturated heterocycles. The molecule has 0 aromatic rings. The number of amides is 1. The first-order valence-corrected chi connectivity index (χ1v) is 3.59. The molecule has 0 bridgehead atoms. The quantitative estimate of drug-likeness (QED) is 0.468. The molecule has 1 aliphatic heterocycles. The fourth-order valence-corrected chi connectivity index (χ4v) is 1.09. The molecule has 0 radical (unpaired) electrons. The van der Waals surface area contributed by atoms with Gasteiger partial charge in [0.1, 0.15) is 6.17 Å². The van der Waals surface area contributed by atoms with Crippen LogP contribution in [0, 0.1) is 11.8 Å². The minimum atomic E-state index is -0.849. The largest absolute Gasteiger partial charge is 0.329 e. The molecule has 0 saturated carbocycles. The average molecular weight is 155 g/mol. The first-order valence-electron chi connectivity index (χ1n) is 3.59. The van der Waals surface area contributed by atoms with Crippen LogP contribution < -0.4 is 0 Å². The maximum atomic E-state index is 12.5. The Morgan fingerprint density at radius 3 is 2.91 bits per heavy atom. The molecule has 0 N–H and O–H groups in total. The molecule has 1 fully saturated rings. The van der Waals surface area contributed by atoms with E-state index in [1.807, 2.05) is 0 Å². The Labute approximate surface area is 65.4 Å². The highest BCUT2D eigenvalue weighted by Crippen LogP contribution is 2.11. The van der Waals surface area contributed by atoms with Crippen molar-refractivity contribution in [2.24, 2.45) is 0 Å². The highest BCUT2D eigenvalue weighted by atomic mass is 19.1. The summed E-state index contributed by atoms with van der Waals surface area (Å²) in [7, 11) is 0. The minimum Gasteiger partial charge on any atom is -0.329 e. The first-order chi connectivity index (χ1) is 5.24. The van der Waals surface area contributed by atoms with Gasteiger partial charge in [-0.2, -0.15) is 0 Å². The van der Waals surface area contributed by atoms with E-state index in [4.69, 9.17) is 0 Å². The smallest absolute Gasteiger partial charge is 0.298 e. The van der Waals surface area contributed by atoms with Crippen LogP contribution in [-0.2, 0) is 4.79 Å². The number of alkyl halides is 1. The van der Waals surface area contributed by atoms with Crippen LogP contribution in [-0.4, -0.2) is 30.1 Å². The van der Waals surface area contributed by atoms with Crippen LogP contribution in [0.25, 0.3) is 0 Å². The number of hydrogen-bond acceptors (Lipinski definition) is 1. The molecular weight excluding hydrogens is 145 g/mol. The van der Waals surface area contributed by atoms with Gasteiger partial charge in [0.15, 0.2) is 0 Å². The molecule has 1 heterocycles. The molecule has 0 unspecified atom stereocenters. The van der Waals surface area contributed by atoms with Gasteiger partial charge in [0.05, 0.1) is 6.54 Å². The average Bonchev–Trinajstić information content (AvgIpc) is 2.36. The van der Waals surface area contributed by atoms with Crippen LogP contribution in [0.3, 0.4) is 0 Å². The summed E-state index contributed by atoms with van der Waals surface area (Å²) >= 11 is 0. The van der Waals surface area contributed by atoms with Gasteiger partial charge in [-0.1, -0.05) is 5.92 Å². The van der Waals surface area contributed by atoms with Gasteiger partial charge in [-0.05, 0) is 19.3 Å². The summed E-state index contributed by atoms with van der Waals surface area (Å²) in [4.78, 5) is 12.4. The zero-order valence-electron chi connectivity index (χ0n) is 6.43. The number of hydrogen-bond donors (Lipinski definition) is 0. The summed E-state index contributed by atoms with van der Waals surface area (Å²) < 4.78 is 12.5. The van der Waals surface area contributed by atoms with Crippen molar-refractivity contribution in [1.29, 1.82) is 0 Å². The van der Waals surface area contributed by atoms with Gasteiger partial charge >= 0.3 is 0 Å². The predicted octanol–water partition coefficient (Wildman–Crippen LogP) is 0.580. The molecule has 0 aromatic carbocycles. The van der Waals surface area contributed by atoms with E-state index in [0.717, 1.165) is 0 Å². The second kappa shape index (κ2) is 3.38. The van der Waals surface area contributed by atoms with Crippen LogP contribution in [0.15, 0.2) is 0 Å². The van der Waals surface area contributed by atoms with Crippen molar-refractivity contribution < 1.29 is 9.18 Å². The number of carbonyl (C=O) groups excluding carboxylic acids is 1. The van der Waals surface area contributed by atoms with Gasteiger partial charge in [-0.25, -0.2) is 4.39 Å². The maximum Gasteiger partial charge on any atom is 0.298 e. The Kier molecular flexibility index (Phi) is 2.48. The van der Waals surface area contributed by atoms with E-state index < -0.39 is 6.17 Å². The third kappa shape index (κ3) is 1.94. The van der Waals surface area contributed by atoms with Gasteiger partial charge in [0.25, 0.3) is 5.91 Å². The van der Waals surface area contributed by atoms with Gasteiger partial charge in [0, 0.05) is 6.54 Å². The lowest BCUT2D eigenvalue weighted by Crippen LogP contribution is -2.27. The molecule has 0 aromatic heterocycles. The number of nitrogens with zero attached hydrogens (tertiary/aromatic N) is 1. The van der Waals surface area contributed by atoms with E-state index in [2.05, 4.69) is 11.8 Å². The van der Waals surface area contributed by atoms with Crippen LogP contribution in [0.1, 0.15) is 13.3 Å². The van der Waals surface area contributed by atoms with Crippen molar-refractivity contribution in [2.75, 3.05) is 13.1 Å². The fraction of sp³-hybridized carbons (Fsp3) is 0.625. The van der Waals surface area contributed by atoms with E-state index in [-0.39, 0.29) is 12.5 Å². The topological polar surface area (TPSA) is 20.3 Å².